The number of hydrogen-bond acceptors (Lipinski definition) is 2. The average Bonchev–Trinajstić information content (AvgIpc) is 3.13. The summed E-state index contributed by atoms with van der Waals surface area (Å²) in [7, 11) is 0. The second-order valence-electron chi connectivity index (χ2n) is 7.24. The summed E-state index contributed by atoms with van der Waals surface area (Å²) in [6.45, 7) is 1.57. The fourth-order valence-corrected chi connectivity index (χ4v) is 4.61. The zero-order valence-electron chi connectivity index (χ0n) is 14.9. The van der Waals surface area contributed by atoms with Gasteiger partial charge in [0.25, 0.3) is 0 Å². The molecule has 0 N–H and O–H groups in total. The van der Waals surface area contributed by atoms with Crippen LogP contribution in [-0.4, -0.2) is 18.0 Å². The molecular formula is C24H20ClNO. The SMILES string of the molecule is ClC1(c2coc3ccccc23)CN(C(c2ccccc2)c2ccccc2)C1. The minimum atomic E-state index is -0.408. The van der Waals surface area contributed by atoms with Gasteiger partial charge in [0.1, 0.15) is 5.58 Å². The van der Waals surface area contributed by atoms with Gasteiger partial charge < -0.3 is 4.42 Å². The summed E-state index contributed by atoms with van der Waals surface area (Å²) in [5.41, 5.74) is 4.57. The first-order valence-corrected chi connectivity index (χ1v) is 9.62. The van der Waals surface area contributed by atoms with Gasteiger partial charge in [0.05, 0.1) is 17.2 Å². The summed E-state index contributed by atoms with van der Waals surface area (Å²) in [6, 6.07) is 29.6. The van der Waals surface area contributed by atoms with E-state index in [1.165, 1.54) is 11.1 Å². The highest BCUT2D eigenvalue weighted by Crippen LogP contribution is 2.47. The van der Waals surface area contributed by atoms with E-state index in [1.54, 1.807) is 0 Å². The minimum absolute atomic E-state index is 0.206. The van der Waals surface area contributed by atoms with E-state index in [1.807, 2.05) is 24.5 Å². The van der Waals surface area contributed by atoms with Gasteiger partial charge in [-0.3, -0.25) is 4.90 Å². The highest BCUT2D eigenvalue weighted by molar-refractivity contribution is 6.26. The number of hydrogen-bond donors (Lipinski definition) is 0. The fraction of sp³-hybridized carbons (Fsp3) is 0.167. The Labute approximate surface area is 164 Å². The van der Waals surface area contributed by atoms with Crippen LogP contribution in [0.2, 0.25) is 0 Å². The number of nitrogens with zero attached hydrogens (tertiary/aromatic N) is 1. The zero-order chi connectivity index (χ0) is 18.3. The number of fused-ring (bicyclic) bond motifs is 1. The fourth-order valence-electron chi connectivity index (χ4n) is 4.16. The van der Waals surface area contributed by atoms with Crippen molar-refractivity contribution in [1.82, 2.24) is 4.90 Å². The van der Waals surface area contributed by atoms with Gasteiger partial charge >= 0.3 is 0 Å². The van der Waals surface area contributed by atoms with Gasteiger partial charge in [-0.1, -0.05) is 78.9 Å². The third-order valence-corrected chi connectivity index (χ3v) is 5.91. The first-order valence-electron chi connectivity index (χ1n) is 9.24. The van der Waals surface area contributed by atoms with Crippen molar-refractivity contribution in [3.05, 3.63) is 108 Å². The predicted octanol–water partition coefficient (Wildman–Crippen LogP) is 5.97. The van der Waals surface area contributed by atoms with Gasteiger partial charge in [0, 0.05) is 24.0 Å². The number of likely N-dealkylation sites (tertiary alicyclic amines) is 1. The number of furan rings is 1. The lowest BCUT2D eigenvalue weighted by Crippen LogP contribution is -2.57. The Morgan fingerprint density at radius 2 is 1.33 bits per heavy atom. The topological polar surface area (TPSA) is 16.4 Å². The van der Waals surface area contributed by atoms with Gasteiger partial charge in [-0.25, -0.2) is 0 Å². The molecule has 0 spiro atoms. The molecule has 3 aromatic carbocycles. The van der Waals surface area contributed by atoms with Crippen LogP contribution in [0.4, 0.5) is 0 Å². The van der Waals surface area contributed by atoms with Crippen molar-refractivity contribution in [1.29, 1.82) is 0 Å². The Morgan fingerprint density at radius 3 is 1.96 bits per heavy atom. The summed E-state index contributed by atoms with van der Waals surface area (Å²) >= 11 is 7.07. The normalized spacial score (nSPS) is 16.5. The molecule has 2 nitrogen and oxygen atoms in total. The Kier molecular flexibility index (Phi) is 4.04. The van der Waals surface area contributed by atoms with Crippen LogP contribution < -0.4 is 0 Å². The lowest BCUT2D eigenvalue weighted by Gasteiger charge is -2.50. The molecule has 0 bridgehead atoms. The maximum Gasteiger partial charge on any atom is 0.134 e. The molecule has 27 heavy (non-hydrogen) atoms. The maximum atomic E-state index is 7.07. The van der Waals surface area contributed by atoms with E-state index in [-0.39, 0.29) is 6.04 Å². The van der Waals surface area contributed by atoms with Gasteiger partial charge in [-0.15, -0.1) is 11.6 Å². The van der Waals surface area contributed by atoms with Crippen LogP contribution in [0.5, 0.6) is 0 Å². The van der Waals surface area contributed by atoms with Crippen molar-refractivity contribution in [2.75, 3.05) is 13.1 Å². The highest BCUT2D eigenvalue weighted by atomic mass is 35.5. The lowest BCUT2D eigenvalue weighted by atomic mass is 9.85. The average molecular weight is 374 g/mol. The Bertz CT molecular complexity index is 1010. The summed E-state index contributed by atoms with van der Waals surface area (Å²) in [5.74, 6) is 0. The molecule has 1 aromatic heterocycles. The third kappa shape index (κ3) is 2.86. The molecule has 134 valence electrons. The molecule has 0 aliphatic carbocycles. The number of benzene rings is 3. The van der Waals surface area contributed by atoms with Crippen LogP contribution in [0.1, 0.15) is 22.7 Å². The first kappa shape index (κ1) is 16.6. The molecule has 5 rings (SSSR count). The minimum Gasteiger partial charge on any atom is -0.464 e. The summed E-state index contributed by atoms with van der Waals surface area (Å²) in [4.78, 5) is 2.04. The molecular weight excluding hydrogens is 354 g/mol. The molecule has 1 fully saturated rings. The van der Waals surface area contributed by atoms with E-state index >= 15 is 0 Å². The summed E-state index contributed by atoms with van der Waals surface area (Å²) in [6.07, 6.45) is 1.83. The largest absolute Gasteiger partial charge is 0.464 e. The molecule has 0 unspecified atom stereocenters. The second kappa shape index (κ2) is 6.56. The second-order valence-corrected chi connectivity index (χ2v) is 7.96. The van der Waals surface area contributed by atoms with Gasteiger partial charge in [0.2, 0.25) is 0 Å². The highest BCUT2D eigenvalue weighted by Gasteiger charge is 2.47. The van der Waals surface area contributed by atoms with Crippen LogP contribution in [0, 0.1) is 0 Å². The van der Waals surface area contributed by atoms with E-state index in [0.29, 0.717) is 0 Å². The maximum absolute atomic E-state index is 7.07. The predicted molar refractivity (Wildman–Crippen MR) is 110 cm³/mol. The molecule has 3 heteroatoms. The Balaban J connectivity index is 1.48. The lowest BCUT2D eigenvalue weighted by molar-refractivity contribution is 0.0871. The molecule has 0 atom stereocenters. The molecule has 0 radical (unpaired) electrons. The van der Waals surface area contributed by atoms with Crippen molar-refractivity contribution in [2.45, 2.75) is 10.9 Å². The molecule has 4 aromatic rings. The van der Waals surface area contributed by atoms with E-state index < -0.39 is 4.87 Å². The van der Waals surface area contributed by atoms with Crippen molar-refractivity contribution < 1.29 is 4.42 Å². The Morgan fingerprint density at radius 1 is 0.778 bits per heavy atom. The van der Waals surface area contributed by atoms with Crippen LogP contribution in [0.25, 0.3) is 11.0 Å². The van der Waals surface area contributed by atoms with Gasteiger partial charge in [0.15, 0.2) is 0 Å². The first-order chi connectivity index (χ1) is 13.2. The summed E-state index contributed by atoms with van der Waals surface area (Å²) < 4.78 is 5.73. The van der Waals surface area contributed by atoms with Crippen LogP contribution in [0.3, 0.4) is 0 Å². The van der Waals surface area contributed by atoms with Crippen molar-refractivity contribution in [2.24, 2.45) is 0 Å². The molecule has 1 aliphatic rings. The van der Waals surface area contributed by atoms with E-state index in [4.69, 9.17) is 16.0 Å². The Hall–Kier alpha value is -2.55. The zero-order valence-corrected chi connectivity index (χ0v) is 15.6. The molecule has 1 saturated heterocycles. The number of alkyl halides is 1. The smallest absolute Gasteiger partial charge is 0.134 e. The van der Waals surface area contributed by atoms with Crippen molar-refractivity contribution in [3.8, 4) is 0 Å². The third-order valence-electron chi connectivity index (χ3n) is 5.47. The molecule has 0 saturated carbocycles. The quantitative estimate of drug-likeness (QED) is 0.409. The number of halogens is 1. The van der Waals surface area contributed by atoms with Crippen LogP contribution >= 0.6 is 11.6 Å². The van der Waals surface area contributed by atoms with Crippen molar-refractivity contribution >= 4 is 22.6 Å². The number of rotatable bonds is 4. The monoisotopic (exact) mass is 373 g/mol. The number of para-hydroxylation sites is 1. The standard InChI is InChI=1S/C24H20ClNO/c25-24(21-15-27-22-14-8-7-13-20(21)22)16-26(17-24)23(18-9-3-1-4-10-18)19-11-5-2-6-12-19/h1-15,23H,16-17H2. The summed E-state index contributed by atoms with van der Waals surface area (Å²) in [5, 5.41) is 1.11. The van der Waals surface area contributed by atoms with Gasteiger partial charge in [-0.05, 0) is 17.2 Å². The van der Waals surface area contributed by atoms with Gasteiger partial charge in [-0.2, -0.15) is 0 Å². The molecule has 2 heterocycles. The molecule has 0 amide bonds. The van der Waals surface area contributed by atoms with Crippen LogP contribution in [0.15, 0.2) is 95.6 Å². The van der Waals surface area contributed by atoms with E-state index in [2.05, 4.69) is 71.6 Å². The van der Waals surface area contributed by atoms with Crippen LogP contribution in [-0.2, 0) is 4.87 Å². The molecule has 1 aliphatic heterocycles. The van der Waals surface area contributed by atoms with E-state index in [0.717, 1.165) is 29.6 Å². The van der Waals surface area contributed by atoms with Crippen molar-refractivity contribution in [3.63, 3.8) is 0 Å². The van der Waals surface area contributed by atoms with E-state index in [9.17, 15) is 0 Å².